The number of hydrogen-bond donors (Lipinski definition) is 1. The van der Waals surface area contributed by atoms with Crippen molar-refractivity contribution in [1.82, 2.24) is 9.97 Å². The van der Waals surface area contributed by atoms with Gasteiger partial charge < -0.3 is 19.9 Å². The molecule has 0 atom stereocenters. The molecule has 0 aliphatic carbocycles. The number of piperazine rings is 1. The fourth-order valence-electron chi connectivity index (χ4n) is 2.74. The second kappa shape index (κ2) is 8.17. The van der Waals surface area contributed by atoms with E-state index in [1.807, 2.05) is 24.3 Å². The van der Waals surface area contributed by atoms with Crippen LogP contribution >= 0.6 is 11.6 Å². The Bertz CT molecular complexity index is 661. The van der Waals surface area contributed by atoms with Gasteiger partial charge in [0.25, 0.3) is 0 Å². The van der Waals surface area contributed by atoms with Gasteiger partial charge in [-0.05, 0) is 24.3 Å². The molecule has 7 heteroatoms. The zero-order chi connectivity index (χ0) is 16.8. The molecule has 128 valence electrons. The van der Waals surface area contributed by atoms with E-state index in [0.29, 0.717) is 19.1 Å². The lowest BCUT2D eigenvalue weighted by Gasteiger charge is -2.36. The first-order valence-corrected chi connectivity index (χ1v) is 8.45. The molecule has 1 N–H and O–H groups in total. The Morgan fingerprint density at radius 3 is 2.71 bits per heavy atom. The van der Waals surface area contributed by atoms with E-state index in [4.69, 9.17) is 16.3 Å². The number of anilines is 3. The van der Waals surface area contributed by atoms with Gasteiger partial charge in [-0.3, -0.25) is 0 Å². The summed E-state index contributed by atoms with van der Waals surface area (Å²) < 4.78 is 5.03. The SMILES string of the molecule is COCCNc1nccc(N2CCN(c3cccc(Cl)c3)CC2)n1. The van der Waals surface area contributed by atoms with Crippen LogP contribution in [-0.2, 0) is 4.74 Å². The standard InChI is InChI=1S/C17H22ClN5O/c1-24-12-7-20-17-19-6-5-16(21-17)23-10-8-22(9-11-23)15-4-2-3-14(18)13-15/h2-6,13H,7-12H2,1H3,(H,19,20,21). The summed E-state index contributed by atoms with van der Waals surface area (Å²) in [6.07, 6.45) is 1.79. The molecule has 1 aliphatic rings. The molecule has 3 rings (SSSR count). The highest BCUT2D eigenvalue weighted by molar-refractivity contribution is 6.30. The summed E-state index contributed by atoms with van der Waals surface area (Å²) in [5.41, 5.74) is 1.17. The Morgan fingerprint density at radius 1 is 1.17 bits per heavy atom. The predicted molar refractivity (Wildman–Crippen MR) is 98.3 cm³/mol. The number of methoxy groups -OCH3 is 1. The molecule has 1 aromatic heterocycles. The first-order chi connectivity index (χ1) is 11.8. The molecule has 0 saturated carbocycles. The van der Waals surface area contributed by atoms with Crippen LogP contribution in [0.1, 0.15) is 0 Å². The lowest BCUT2D eigenvalue weighted by molar-refractivity contribution is 0.210. The zero-order valence-corrected chi connectivity index (χ0v) is 14.5. The summed E-state index contributed by atoms with van der Waals surface area (Å²) in [5.74, 6) is 1.59. The van der Waals surface area contributed by atoms with Gasteiger partial charge in [0.15, 0.2) is 0 Å². The molecule has 0 spiro atoms. The van der Waals surface area contributed by atoms with E-state index < -0.39 is 0 Å². The molecule has 1 saturated heterocycles. The van der Waals surface area contributed by atoms with E-state index in [2.05, 4.69) is 31.2 Å². The first kappa shape index (κ1) is 16.8. The van der Waals surface area contributed by atoms with Crippen LogP contribution in [0.5, 0.6) is 0 Å². The minimum Gasteiger partial charge on any atom is -0.383 e. The number of nitrogens with one attached hydrogen (secondary N) is 1. The fourth-order valence-corrected chi connectivity index (χ4v) is 2.93. The molecular formula is C17H22ClN5O. The molecule has 0 amide bonds. The molecule has 2 heterocycles. The second-order valence-corrected chi connectivity index (χ2v) is 6.05. The highest BCUT2D eigenvalue weighted by atomic mass is 35.5. The maximum atomic E-state index is 6.09. The van der Waals surface area contributed by atoms with Gasteiger partial charge in [0, 0.05) is 56.7 Å². The largest absolute Gasteiger partial charge is 0.383 e. The predicted octanol–water partition coefficient (Wildman–Crippen LogP) is 2.51. The number of hydrogen-bond acceptors (Lipinski definition) is 6. The van der Waals surface area contributed by atoms with E-state index in [1.54, 1.807) is 13.3 Å². The summed E-state index contributed by atoms with van der Waals surface area (Å²) in [6.45, 7) is 5.05. The van der Waals surface area contributed by atoms with Gasteiger partial charge in [-0.15, -0.1) is 0 Å². The highest BCUT2D eigenvalue weighted by Crippen LogP contribution is 2.22. The van der Waals surface area contributed by atoms with Gasteiger partial charge in [-0.1, -0.05) is 17.7 Å². The number of nitrogens with zero attached hydrogens (tertiary/aromatic N) is 4. The molecule has 6 nitrogen and oxygen atoms in total. The molecule has 1 fully saturated rings. The third kappa shape index (κ3) is 4.27. The number of benzene rings is 1. The average Bonchev–Trinajstić information content (AvgIpc) is 2.62. The quantitative estimate of drug-likeness (QED) is 0.810. The lowest BCUT2D eigenvalue weighted by atomic mass is 10.2. The molecule has 0 radical (unpaired) electrons. The van der Waals surface area contributed by atoms with E-state index in [1.165, 1.54) is 5.69 Å². The third-order valence-corrected chi connectivity index (χ3v) is 4.24. The Labute approximate surface area is 147 Å². The van der Waals surface area contributed by atoms with Crippen molar-refractivity contribution in [2.24, 2.45) is 0 Å². The van der Waals surface area contributed by atoms with Gasteiger partial charge in [-0.25, -0.2) is 4.98 Å². The maximum Gasteiger partial charge on any atom is 0.224 e. The number of aromatic nitrogens is 2. The van der Waals surface area contributed by atoms with Crippen molar-refractivity contribution in [2.45, 2.75) is 0 Å². The number of rotatable bonds is 6. The van der Waals surface area contributed by atoms with E-state index in [9.17, 15) is 0 Å². The lowest BCUT2D eigenvalue weighted by Crippen LogP contribution is -2.46. The van der Waals surface area contributed by atoms with Crippen LogP contribution in [-0.4, -0.2) is 56.4 Å². The summed E-state index contributed by atoms with van der Waals surface area (Å²) >= 11 is 6.09. The number of ether oxygens (including phenoxy) is 1. The molecule has 0 unspecified atom stereocenters. The summed E-state index contributed by atoms with van der Waals surface area (Å²) in [5, 5.41) is 3.94. The molecule has 1 aliphatic heterocycles. The van der Waals surface area contributed by atoms with Crippen LogP contribution in [0.2, 0.25) is 5.02 Å². The Hall–Kier alpha value is -2.05. The first-order valence-electron chi connectivity index (χ1n) is 8.07. The van der Waals surface area contributed by atoms with Crippen LogP contribution in [0.4, 0.5) is 17.5 Å². The van der Waals surface area contributed by atoms with Crippen molar-refractivity contribution >= 4 is 29.1 Å². The van der Waals surface area contributed by atoms with Crippen molar-refractivity contribution in [3.63, 3.8) is 0 Å². The fraction of sp³-hybridized carbons (Fsp3) is 0.412. The highest BCUT2D eigenvalue weighted by Gasteiger charge is 2.18. The molecule has 24 heavy (non-hydrogen) atoms. The molecular weight excluding hydrogens is 326 g/mol. The second-order valence-electron chi connectivity index (χ2n) is 5.61. The summed E-state index contributed by atoms with van der Waals surface area (Å²) in [7, 11) is 1.68. The minimum atomic E-state index is 0.631. The van der Waals surface area contributed by atoms with Crippen molar-refractivity contribution in [1.29, 1.82) is 0 Å². The van der Waals surface area contributed by atoms with E-state index >= 15 is 0 Å². The van der Waals surface area contributed by atoms with Crippen molar-refractivity contribution < 1.29 is 4.74 Å². The number of halogens is 1. The maximum absolute atomic E-state index is 6.09. The van der Waals surface area contributed by atoms with Crippen LogP contribution in [0.15, 0.2) is 36.5 Å². The van der Waals surface area contributed by atoms with Crippen LogP contribution < -0.4 is 15.1 Å². The van der Waals surface area contributed by atoms with Gasteiger partial charge in [0.05, 0.1) is 6.61 Å². The van der Waals surface area contributed by atoms with E-state index in [0.717, 1.165) is 37.0 Å². The normalized spacial score (nSPS) is 14.8. The topological polar surface area (TPSA) is 53.5 Å². The van der Waals surface area contributed by atoms with Gasteiger partial charge in [0.1, 0.15) is 5.82 Å². The molecule has 0 bridgehead atoms. The van der Waals surface area contributed by atoms with Crippen molar-refractivity contribution in [3.8, 4) is 0 Å². The Morgan fingerprint density at radius 2 is 1.96 bits per heavy atom. The van der Waals surface area contributed by atoms with Crippen molar-refractivity contribution in [3.05, 3.63) is 41.6 Å². The monoisotopic (exact) mass is 347 g/mol. The average molecular weight is 348 g/mol. The van der Waals surface area contributed by atoms with Gasteiger partial charge in [-0.2, -0.15) is 4.98 Å². The zero-order valence-electron chi connectivity index (χ0n) is 13.8. The molecule has 1 aromatic carbocycles. The van der Waals surface area contributed by atoms with Gasteiger partial charge >= 0.3 is 0 Å². The van der Waals surface area contributed by atoms with Crippen LogP contribution in [0, 0.1) is 0 Å². The minimum absolute atomic E-state index is 0.631. The van der Waals surface area contributed by atoms with Crippen LogP contribution in [0.25, 0.3) is 0 Å². The smallest absolute Gasteiger partial charge is 0.224 e. The third-order valence-electron chi connectivity index (χ3n) is 4.01. The van der Waals surface area contributed by atoms with E-state index in [-0.39, 0.29) is 0 Å². The Balaban J connectivity index is 1.59. The van der Waals surface area contributed by atoms with Crippen molar-refractivity contribution in [2.75, 3.05) is 61.6 Å². The summed E-state index contributed by atoms with van der Waals surface area (Å²) in [6, 6.07) is 9.97. The van der Waals surface area contributed by atoms with Crippen LogP contribution in [0.3, 0.4) is 0 Å². The summed E-state index contributed by atoms with van der Waals surface area (Å²) in [4.78, 5) is 13.5. The van der Waals surface area contributed by atoms with Gasteiger partial charge in [0.2, 0.25) is 5.95 Å². The molecule has 2 aromatic rings. The Kier molecular flexibility index (Phi) is 5.72.